The largest absolute Gasteiger partial charge is 0.0843 e. The zero-order chi connectivity index (χ0) is 8.27. The van der Waals surface area contributed by atoms with Crippen molar-refractivity contribution in [3.05, 3.63) is 34.3 Å². The summed E-state index contributed by atoms with van der Waals surface area (Å²) in [6, 6.07) is 7.25. The Morgan fingerprint density at radius 3 is 2.00 bits per heavy atom. The summed E-state index contributed by atoms with van der Waals surface area (Å²) in [6.45, 7) is 4.23. The summed E-state index contributed by atoms with van der Waals surface area (Å²) in [6.07, 6.45) is 2.01. The molecule has 0 amide bonds. The lowest BCUT2D eigenvalue weighted by Crippen LogP contribution is -1.86. The third-order valence-electron chi connectivity index (χ3n) is 1.71. The van der Waals surface area contributed by atoms with E-state index in [9.17, 15) is 0 Å². The predicted octanol–water partition coefficient (Wildman–Crippen LogP) is 3.26. The summed E-state index contributed by atoms with van der Waals surface area (Å²) >= 11 is 5.89. The Kier molecular flexibility index (Phi) is 2.95. The lowest BCUT2D eigenvalue weighted by molar-refractivity contribution is 1.08. The van der Waals surface area contributed by atoms with Gasteiger partial charge in [-0.2, -0.15) is 0 Å². The van der Waals surface area contributed by atoms with Gasteiger partial charge < -0.3 is 0 Å². The SMILES string of the molecule is CCc1[c]c(CC)cc(Cl)c1. The van der Waals surface area contributed by atoms with E-state index in [-0.39, 0.29) is 0 Å². The molecule has 0 nitrogen and oxygen atoms in total. The van der Waals surface area contributed by atoms with Gasteiger partial charge in [-0.15, -0.1) is 0 Å². The fourth-order valence-electron chi connectivity index (χ4n) is 1.03. The quantitative estimate of drug-likeness (QED) is 0.635. The minimum Gasteiger partial charge on any atom is -0.0843 e. The topological polar surface area (TPSA) is 0 Å². The Morgan fingerprint density at radius 2 is 1.64 bits per heavy atom. The lowest BCUT2D eigenvalue weighted by atomic mass is 10.1. The minimum absolute atomic E-state index is 0.831. The van der Waals surface area contributed by atoms with E-state index < -0.39 is 0 Å². The molecule has 11 heavy (non-hydrogen) atoms. The van der Waals surface area contributed by atoms with E-state index in [0.29, 0.717) is 0 Å². The van der Waals surface area contributed by atoms with Crippen LogP contribution in [0, 0.1) is 6.07 Å². The van der Waals surface area contributed by atoms with Crippen molar-refractivity contribution >= 4 is 11.6 Å². The molecule has 0 fully saturated rings. The molecule has 0 spiro atoms. The van der Waals surface area contributed by atoms with Crippen molar-refractivity contribution in [1.82, 2.24) is 0 Å². The van der Waals surface area contributed by atoms with Crippen molar-refractivity contribution in [2.45, 2.75) is 26.7 Å². The monoisotopic (exact) mass is 167 g/mol. The smallest absolute Gasteiger partial charge is 0.0411 e. The molecule has 1 heteroatoms. The molecule has 0 N–H and O–H groups in total. The predicted molar refractivity (Wildman–Crippen MR) is 49.0 cm³/mol. The Labute approximate surface area is 73.2 Å². The molecule has 0 aliphatic rings. The van der Waals surface area contributed by atoms with Gasteiger partial charge in [0.25, 0.3) is 0 Å². The average molecular weight is 168 g/mol. The van der Waals surface area contributed by atoms with Crippen molar-refractivity contribution < 1.29 is 0 Å². The van der Waals surface area contributed by atoms with Crippen LogP contribution < -0.4 is 0 Å². The first kappa shape index (κ1) is 8.61. The van der Waals surface area contributed by atoms with Gasteiger partial charge in [0, 0.05) is 5.02 Å². The highest BCUT2D eigenvalue weighted by atomic mass is 35.5. The second-order valence-corrected chi connectivity index (χ2v) is 2.99. The number of hydrogen-bond donors (Lipinski definition) is 0. The normalized spacial score (nSPS) is 10.1. The van der Waals surface area contributed by atoms with Gasteiger partial charge in [-0.1, -0.05) is 25.4 Å². The van der Waals surface area contributed by atoms with Gasteiger partial charge >= 0.3 is 0 Å². The second kappa shape index (κ2) is 3.77. The summed E-state index contributed by atoms with van der Waals surface area (Å²) in [4.78, 5) is 0. The number of hydrogen-bond acceptors (Lipinski definition) is 0. The summed E-state index contributed by atoms with van der Waals surface area (Å²) in [7, 11) is 0. The van der Waals surface area contributed by atoms with E-state index >= 15 is 0 Å². The minimum atomic E-state index is 0.831. The van der Waals surface area contributed by atoms with Gasteiger partial charge in [-0.25, -0.2) is 0 Å². The molecular weight excluding hydrogens is 156 g/mol. The number of halogens is 1. The molecule has 0 saturated heterocycles. The molecule has 0 aliphatic carbocycles. The molecule has 1 rings (SSSR count). The molecule has 59 valence electrons. The standard InChI is InChI=1S/C10H12Cl/c1-3-8-5-9(4-2)7-10(11)6-8/h6-7H,3-4H2,1-2H3. The van der Waals surface area contributed by atoms with E-state index in [1.807, 2.05) is 12.1 Å². The van der Waals surface area contributed by atoms with E-state index in [0.717, 1.165) is 17.9 Å². The highest BCUT2D eigenvalue weighted by molar-refractivity contribution is 6.30. The van der Waals surface area contributed by atoms with Crippen molar-refractivity contribution in [3.8, 4) is 0 Å². The van der Waals surface area contributed by atoms with Crippen molar-refractivity contribution in [2.24, 2.45) is 0 Å². The molecule has 0 atom stereocenters. The number of rotatable bonds is 2. The molecule has 0 heterocycles. The maximum Gasteiger partial charge on any atom is 0.0411 e. The highest BCUT2D eigenvalue weighted by Gasteiger charge is 1.96. The summed E-state index contributed by atoms with van der Waals surface area (Å²) < 4.78 is 0. The summed E-state index contributed by atoms with van der Waals surface area (Å²) in [5.74, 6) is 0. The summed E-state index contributed by atoms with van der Waals surface area (Å²) in [5, 5.41) is 0.831. The first-order chi connectivity index (χ1) is 5.26. The van der Waals surface area contributed by atoms with Crippen LogP contribution in [0.2, 0.25) is 5.02 Å². The Bertz CT molecular complexity index is 218. The van der Waals surface area contributed by atoms with E-state index in [4.69, 9.17) is 11.6 Å². The zero-order valence-corrected chi connectivity index (χ0v) is 7.70. The van der Waals surface area contributed by atoms with Crippen LogP contribution in [0.25, 0.3) is 0 Å². The van der Waals surface area contributed by atoms with Crippen LogP contribution in [0.1, 0.15) is 25.0 Å². The lowest BCUT2D eigenvalue weighted by Gasteiger charge is -2.00. The fourth-order valence-corrected chi connectivity index (χ4v) is 1.30. The van der Waals surface area contributed by atoms with Crippen molar-refractivity contribution in [2.75, 3.05) is 0 Å². The van der Waals surface area contributed by atoms with Crippen LogP contribution in [0.5, 0.6) is 0 Å². The first-order valence-corrected chi connectivity index (χ1v) is 4.34. The Balaban J connectivity index is 3.02. The molecule has 0 saturated carbocycles. The molecule has 0 aliphatic heterocycles. The Hall–Kier alpha value is -0.490. The van der Waals surface area contributed by atoms with E-state index in [1.54, 1.807) is 0 Å². The fraction of sp³-hybridized carbons (Fsp3) is 0.400. The first-order valence-electron chi connectivity index (χ1n) is 3.97. The number of aryl methyl sites for hydroxylation is 2. The molecule has 0 unspecified atom stereocenters. The summed E-state index contributed by atoms with van der Waals surface area (Å²) in [5.41, 5.74) is 2.41. The van der Waals surface area contributed by atoms with Gasteiger partial charge in [0.1, 0.15) is 0 Å². The molecule has 0 bridgehead atoms. The van der Waals surface area contributed by atoms with Gasteiger partial charge in [-0.05, 0) is 42.2 Å². The molecule has 1 aromatic rings. The van der Waals surface area contributed by atoms with Gasteiger partial charge in [0.2, 0.25) is 0 Å². The third-order valence-corrected chi connectivity index (χ3v) is 1.93. The van der Waals surface area contributed by atoms with Crippen LogP contribution >= 0.6 is 11.6 Å². The van der Waals surface area contributed by atoms with Crippen LogP contribution in [0.4, 0.5) is 0 Å². The van der Waals surface area contributed by atoms with Crippen LogP contribution in [-0.4, -0.2) is 0 Å². The van der Waals surface area contributed by atoms with E-state index in [2.05, 4.69) is 19.9 Å². The maximum atomic E-state index is 5.89. The van der Waals surface area contributed by atoms with Crippen LogP contribution in [0.15, 0.2) is 12.1 Å². The van der Waals surface area contributed by atoms with Gasteiger partial charge in [-0.3, -0.25) is 0 Å². The maximum absolute atomic E-state index is 5.89. The van der Waals surface area contributed by atoms with Crippen LogP contribution in [0.3, 0.4) is 0 Å². The van der Waals surface area contributed by atoms with E-state index in [1.165, 1.54) is 11.1 Å². The van der Waals surface area contributed by atoms with Crippen molar-refractivity contribution in [3.63, 3.8) is 0 Å². The van der Waals surface area contributed by atoms with Crippen molar-refractivity contribution in [1.29, 1.82) is 0 Å². The molecule has 1 radical (unpaired) electrons. The van der Waals surface area contributed by atoms with Gasteiger partial charge in [0.05, 0.1) is 0 Å². The molecule has 1 aromatic carbocycles. The third kappa shape index (κ3) is 2.23. The average Bonchev–Trinajstić information content (AvgIpc) is 2.03. The highest BCUT2D eigenvalue weighted by Crippen LogP contribution is 2.15. The second-order valence-electron chi connectivity index (χ2n) is 2.56. The number of benzene rings is 1. The van der Waals surface area contributed by atoms with Gasteiger partial charge in [0.15, 0.2) is 0 Å². The Morgan fingerprint density at radius 1 is 1.18 bits per heavy atom. The molecular formula is C10H12Cl. The zero-order valence-electron chi connectivity index (χ0n) is 6.95. The van der Waals surface area contributed by atoms with Crippen LogP contribution in [-0.2, 0) is 12.8 Å². The molecule has 0 aromatic heterocycles.